The minimum Gasteiger partial charge on any atom is -0.493 e. The number of rotatable bonds is 7. The van der Waals surface area contributed by atoms with E-state index in [0.717, 1.165) is 28.0 Å². The minimum atomic E-state index is -0.406. The lowest BCUT2D eigenvalue weighted by Crippen LogP contribution is -2.04. The molecule has 4 rings (SSSR count). The molecule has 0 N–H and O–H groups in total. The number of hydrogen-bond acceptors (Lipinski definition) is 5. The van der Waals surface area contributed by atoms with Crippen molar-refractivity contribution in [1.29, 1.82) is 5.26 Å². The first-order valence-electron chi connectivity index (χ1n) is 9.95. The Labute approximate surface area is 181 Å². The van der Waals surface area contributed by atoms with E-state index in [2.05, 4.69) is 11.1 Å². The van der Waals surface area contributed by atoms with Crippen LogP contribution in [-0.2, 0) is 6.42 Å². The molecular formula is C26H22N2O3. The molecule has 31 heavy (non-hydrogen) atoms. The molecule has 3 aromatic carbocycles. The summed E-state index contributed by atoms with van der Waals surface area (Å²) in [5.74, 6) is 1.43. The Kier molecular flexibility index (Phi) is 6.00. The molecule has 1 aromatic heterocycles. The van der Waals surface area contributed by atoms with Crippen LogP contribution >= 0.6 is 0 Å². The normalized spacial score (nSPS) is 12.0. The highest BCUT2D eigenvalue weighted by Gasteiger charge is 2.21. The molecule has 1 atom stereocenters. The van der Waals surface area contributed by atoms with Crippen LogP contribution in [0.4, 0.5) is 5.69 Å². The lowest BCUT2D eigenvalue weighted by molar-refractivity contribution is 0.353. The van der Waals surface area contributed by atoms with E-state index < -0.39 is 5.92 Å². The zero-order valence-electron chi connectivity index (χ0n) is 17.4. The molecule has 5 nitrogen and oxygen atoms in total. The highest BCUT2D eigenvalue weighted by Crippen LogP contribution is 2.42. The number of fused-ring (bicyclic) bond motifs is 1. The first-order valence-corrected chi connectivity index (χ1v) is 9.95. The quantitative estimate of drug-likeness (QED) is 0.340. The molecule has 1 unspecified atom stereocenters. The van der Waals surface area contributed by atoms with Gasteiger partial charge in [-0.15, -0.1) is 0 Å². The highest BCUT2D eigenvalue weighted by atomic mass is 16.5. The smallest absolute Gasteiger partial charge is 0.204 e. The monoisotopic (exact) mass is 410 g/mol. The van der Waals surface area contributed by atoms with Gasteiger partial charge in [0.2, 0.25) is 5.75 Å². The van der Waals surface area contributed by atoms with E-state index in [0.29, 0.717) is 23.5 Å². The molecule has 0 spiro atoms. The Morgan fingerprint density at radius 1 is 1.00 bits per heavy atom. The summed E-state index contributed by atoms with van der Waals surface area (Å²) < 4.78 is 17.3. The van der Waals surface area contributed by atoms with Crippen LogP contribution in [0.3, 0.4) is 0 Å². The van der Waals surface area contributed by atoms with Gasteiger partial charge in [-0.2, -0.15) is 5.26 Å². The average molecular weight is 410 g/mol. The molecular weight excluding hydrogens is 388 g/mol. The number of para-hydroxylation sites is 1. The third kappa shape index (κ3) is 4.29. The fraction of sp³-hybridized carbons (Fsp3) is 0.154. The zero-order chi connectivity index (χ0) is 21.6. The van der Waals surface area contributed by atoms with E-state index in [1.807, 2.05) is 72.8 Å². The van der Waals surface area contributed by atoms with Crippen LogP contribution in [0.25, 0.3) is 22.3 Å². The largest absolute Gasteiger partial charge is 0.493 e. The van der Waals surface area contributed by atoms with Crippen molar-refractivity contribution < 1.29 is 13.9 Å². The zero-order valence-corrected chi connectivity index (χ0v) is 17.4. The fourth-order valence-corrected chi connectivity index (χ4v) is 3.53. The van der Waals surface area contributed by atoms with E-state index >= 15 is 0 Å². The second-order valence-corrected chi connectivity index (χ2v) is 7.04. The van der Waals surface area contributed by atoms with E-state index in [9.17, 15) is 5.26 Å². The maximum Gasteiger partial charge on any atom is 0.204 e. The number of nitriles is 1. The van der Waals surface area contributed by atoms with Crippen molar-refractivity contribution in [3.05, 3.63) is 78.4 Å². The summed E-state index contributed by atoms with van der Waals surface area (Å²) in [4.78, 5) is 4.46. The minimum absolute atomic E-state index is 0.406. The number of benzene rings is 3. The van der Waals surface area contributed by atoms with Crippen LogP contribution in [0.15, 0.2) is 82.2 Å². The van der Waals surface area contributed by atoms with Gasteiger partial charge in [-0.05, 0) is 36.2 Å². The van der Waals surface area contributed by atoms with Gasteiger partial charge < -0.3 is 13.9 Å². The van der Waals surface area contributed by atoms with Crippen LogP contribution in [0.2, 0.25) is 0 Å². The van der Waals surface area contributed by atoms with E-state index in [1.165, 1.54) is 0 Å². The molecule has 0 fully saturated rings. The van der Waals surface area contributed by atoms with Crippen molar-refractivity contribution >= 4 is 22.9 Å². The van der Waals surface area contributed by atoms with Crippen LogP contribution in [-0.4, -0.2) is 20.4 Å². The lowest BCUT2D eigenvalue weighted by atomic mass is 9.97. The maximum atomic E-state index is 9.73. The van der Waals surface area contributed by atoms with E-state index in [4.69, 9.17) is 13.9 Å². The fourth-order valence-electron chi connectivity index (χ4n) is 3.53. The van der Waals surface area contributed by atoms with Crippen molar-refractivity contribution in [3.63, 3.8) is 0 Å². The Morgan fingerprint density at radius 3 is 2.35 bits per heavy atom. The summed E-state index contributed by atoms with van der Waals surface area (Å²) in [5, 5.41) is 10.6. The molecule has 0 bridgehead atoms. The molecule has 0 aliphatic heterocycles. The van der Waals surface area contributed by atoms with E-state index in [-0.39, 0.29) is 0 Å². The Morgan fingerprint density at radius 2 is 1.71 bits per heavy atom. The summed E-state index contributed by atoms with van der Waals surface area (Å²) in [6, 6.07) is 25.7. The Hall–Kier alpha value is -4.04. The molecule has 0 radical (unpaired) electrons. The number of methoxy groups -OCH3 is 2. The molecule has 0 aliphatic carbocycles. The standard InChI is InChI=1S/C26H22N2O3/c1-29-24-14-20(13-18(16-27)17-28-21-11-7-4-8-12-21)22-15-23(19-9-5-3-6-10-19)31-25(22)26(24)30-2/h3-12,14-15,17-18H,13H2,1-2H3. The number of aliphatic imine (C=N–C) groups is 1. The van der Waals surface area contributed by atoms with Gasteiger partial charge in [-0.1, -0.05) is 48.5 Å². The van der Waals surface area contributed by atoms with Gasteiger partial charge in [-0.25, -0.2) is 0 Å². The first-order chi connectivity index (χ1) is 15.2. The summed E-state index contributed by atoms with van der Waals surface area (Å²) in [5.41, 5.74) is 3.32. The molecule has 1 heterocycles. The topological polar surface area (TPSA) is 67.8 Å². The summed E-state index contributed by atoms with van der Waals surface area (Å²) >= 11 is 0. The number of hydrogen-bond donors (Lipinski definition) is 0. The average Bonchev–Trinajstić information content (AvgIpc) is 3.28. The van der Waals surface area contributed by atoms with Crippen LogP contribution in [0, 0.1) is 17.2 Å². The van der Waals surface area contributed by atoms with E-state index in [1.54, 1.807) is 20.4 Å². The van der Waals surface area contributed by atoms with Crippen molar-refractivity contribution in [2.24, 2.45) is 10.9 Å². The molecule has 0 amide bonds. The number of nitrogens with zero attached hydrogens (tertiary/aromatic N) is 2. The van der Waals surface area contributed by atoms with Crippen molar-refractivity contribution in [2.45, 2.75) is 6.42 Å². The lowest BCUT2D eigenvalue weighted by Gasteiger charge is -2.12. The van der Waals surface area contributed by atoms with Gasteiger partial charge in [0.15, 0.2) is 11.3 Å². The van der Waals surface area contributed by atoms with Crippen LogP contribution in [0.1, 0.15) is 5.56 Å². The van der Waals surface area contributed by atoms with Gasteiger partial charge in [0.1, 0.15) is 5.76 Å². The van der Waals surface area contributed by atoms with Crippen molar-refractivity contribution in [3.8, 4) is 28.9 Å². The molecule has 0 saturated carbocycles. The molecule has 5 heteroatoms. The number of furan rings is 1. The van der Waals surface area contributed by atoms with Crippen molar-refractivity contribution in [2.75, 3.05) is 14.2 Å². The predicted molar refractivity (Wildman–Crippen MR) is 122 cm³/mol. The Balaban J connectivity index is 1.76. The van der Waals surface area contributed by atoms with Crippen LogP contribution < -0.4 is 9.47 Å². The van der Waals surface area contributed by atoms with Gasteiger partial charge in [0, 0.05) is 17.2 Å². The molecule has 154 valence electrons. The molecule has 0 saturated heterocycles. The third-order valence-electron chi connectivity index (χ3n) is 5.06. The second-order valence-electron chi connectivity index (χ2n) is 7.04. The third-order valence-corrected chi connectivity index (χ3v) is 5.06. The predicted octanol–water partition coefficient (Wildman–Crippen LogP) is 6.20. The SMILES string of the molecule is COc1cc(CC(C#N)C=Nc2ccccc2)c2cc(-c3ccccc3)oc2c1OC. The molecule has 4 aromatic rings. The highest BCUT2D eigenvalue weighted by molar-refractivity contribution is 5.92. The van der Waals surface area contributed by atoms with Gasteiger partial charge in [0.05, 0.1) is 31.9 Å². The number of ether oxygens (including phenoxy) is 2. The Bertz CT molecular complexity index is 1240. The summed E-state index contributed by atoms with van der Waals surface area (Å²) in [6.45, 7) is 0. The second kappa shape index (κ2) is 9.19. The van der Waals surface area contributed by atoms with Gasteiger partial charge >= 0.3 is 0 Å². The summed E-state index contributed by atoms with van der Waals surface area (Å²) in [7, 11) is 3.18. The van der Waals surface area contributed by atoms with Crippen LogP contribution in [0.5, 0.6) is 11.5 Å². The summed E-state index contributed by atoms with van der Waals surface area (Å²) in [6.07, 6.45) is 2.16. The van der Waals surface area contributed by atoms with Crippen molar-refractivity contribution in [1.82, 2.24) is 0 Å². The van der Waals surface area contributed by atoms with Gasteiger partial charge in [0.25, 0.3) is 0 Å². The molecule has 0 aliphatic rings. The van der Waals surface area contributed by atoms with Gasteiger partial charge in [-0.3, -0.25) is 4.99 Å². The first kappa shape index (κ1) is 20.2. The maximum absolute atomic E-state index is 9.73.